The number of nitrogens with one attached hydrogen (secondary N) is 2. The zero-order valence-corrected chi connectivity index (χ0v) is 20.7. The molecule has 2 aliphatic rings. The average Bonchev–Trinajstić information content (AvgIpc) is 3.66. The number of aliphatic hydroxyl groups excluding tert-OH is 2. The number of halogens is 3. The minimum Gasteiger partial charge on any atom is -0.456 e. The Morgan fingerprint density at radius 1 is 1.21 bits per heavy atom. The highest BCUT2D eigenvalue weighted by Gasteiger charge is 2.48. The zero-order chi connectivity index (χ0) is 27.0. The van der Waals surface area contributed by atoms with Gasteiger partial charge < -0.3 is 34.4 Å². The standard InChI is InChI=1S/C21H18ClN5O5.C3H6F2O/c22-12-7-13-19(26-20(24-13)32-15-9-31-17-14(28)8-30-18(15)17)25-16(12)10-1-3-11(4-2-10)27-6-5-23-21(27)29;1-3(4,5)2-6/h1-7,14-15,17-18,28H,8-9H2,(H,23,29)(H,24,25,26);6H,2H2,1H3/t14-,15-,17-,18-;/m1./s1. The van der Waals surface area contributed by atoms with E-state index in [1.165, 1.54) is 4.57 Å². The Labute approximate surface area is 219 Å². The van der Waals surface area contributed by atoms with Gasteiger partial charge in [0, 0.05) is 24.9 Å². The first-order chi connectivity index (χ1) is 18.1. The van der Waals surface area contributed by atoms with Crippen molar-refractivity contribution in [2.75, 3.05) is 19.8 Å². The van der Waals surface area contributed by atoms with Crippen LogP contribution >= 0.6 is 11.6 Å². The Hall–Kier alpha value is -3.36. The Morgan fingerprint density at radius 2 is 1.92 bits per heavy atom. The normalized spacial score (nSPS) is 22.8. The van der Waals surface area contributed by atoms with E-state index in [-0.39, 0.29) is 36.6 Å². The molecule has 0 radical (unpaired) electrons. The van der Waals surface area contributed by atoms with Crippen LogP contribution in [0.5, 0.6) is 6.01 Å². The highest BCUT2D eigenvalue weighted by atomic mass is 35.5. The van der Waals surface area contributed by atoms with E-state index in [2.05, 4.69) is 19.9 Å². The second-order valence-electron chi connectivity index (χ2n) is 8.96. The van der Waals surface area contributed by atoms with E-state index >= 15 is 0 Å². The number of ether oxygens (including phenoxy) is 3. The van der Waals surface area contributed by atoms with Crippen LogP contribution in [0.15, 0.2) is 47.5 Å². The molecule has 4 aromatic rings. The van der Waals surface area contributed by atoms with E-state index in [9.17, 15) is 18.7 Å². The molecule has 0 amide bonds. The molecule has 0 unspecified atom stereocenters. The zero-order valence-electron chi connectivity index (χ0n) is 20.0. The van der Waals surface area contributed by atoms with Gasteiger partial charge in [-0.25, -0.2) is 18.6 Å². The Balaban J connectivity index is 0.000000443. The van der Waals surface area contributed by atoms with Gasteiger partial charge in [0.25, 0.3) is 11.9 Å². The topological polar surface area (TPSA) is 148 Å². The summed E-state index contributed by atoms with van der Waals surface area (Å²) in [7, 11) is 0. The molecule has 6 rings (SSSR count). The highest BCUT2D eigenvalue weighted by Crippen LogP contribution is 2.32. The van der Waals surface area contributed by atoms with Crippen molar-refractivity contribution in [1.29, 1.82) is 0 Å². The average molecular weight is 552 g/mol. The van der Waals surface area contributed by atoms with Crippen molar-refractivity contribution in [2.24, 2.45) is 0 Å². The second-order valence-corrected chi connectivity index (χ2v) is 9.37. The summed E-state index contributed by atoms with van der Waals surface area (Å²) in [6, 6.07) is 9.35. The van der Waals surface area contributed by atoms with E-state index in [4.69, 9.17) is 30.9 Å². The fraction of sp³-hybridized carbons (Fsp3) is 0.375. The van der Waals surface area contributed by atoms with Gasteiger partial charge in [-0.1, -0.05) is 23.7 Å². The van der Waals surface area contributed by atoms with Gasteiger partial charge in [-0.2, -0.15) is 4.98 Å². The maximum absolute atomic E-state index is 11.8. The molecule has 202 valence electrons. The van der Waals surface area contributed by atoms with Gasteiger partial charge in [-0.15, -0.1) is 0 Å². The van der Waals surface area contributed by atoms with Crippen molar-refractivity contribution in [1.82, 2.24) is 24.5 Å². The quantitative estimate of drug-likeness (QED) is 0.295. The number of aromatic amines is 2. The summed E-state index contributed by atoms with van der Waals surface area (Å²) in [5.41, 5.74) is 2.95. The van der Waals surface area contributed by atoms with Gasteiger partial charge in [-0.05, 0) is 18.2 Å². The lowest BCUT2D eigenvalue weighted by Gasteiger charge is -2.15. The van der Waals surface area contributed by atoms with Crippen LogP contribution in [0.25, 0.3) is 28.1 Å². The molecule has 4 atom stereocenters. The number of aromatic nitrogens is 5. The van der Waals surface area contributed by atoms with Gasteiger partial charge in [0.2, 0.25) is 0 Å². The molecule has 4 N–H and O–H groups in total. The summed E-state index contributed by atoms with van der Waals surface area (Å²) in [4.78, 5) is 26.5. The van der Waals surface area contributed by atoms with Gasteiger partial charge in [-0.3, -0.25) is 4.57 Å². The van der Waals surface area contributed by atoms with Crippen LogP contribution in [-0.4, -0.2) is 84.9 Å². The van der Waals surface area contributed by atoms with Crippen molar-refractivity contribution in [3.05, 3.63) is 58.2 Å². The summed E-state index contributed by atoms with van der Waals surface area (Å²) >= 11 is 6.49. The number of aliphatic hydroxyl groups is 2. The number of benzene rings is 1. The minimum atomic E-state index is -2.90. The number of alkyl halides is 2. The number of imidazole rings is 2. The molecule has 0 spiro atoms. The van der Waals surface area contributed by atoms with E-state index in [1.807, 2.05) is 24.3 Å². The largest absolute Gasteiger partial charge is 0.456 e. The monoisotopic (exact) mass is 551 g/mol. The predicted molar refractivity (Wildman–Crippen MR) is 132 cm³/mol. The highest BCUT2D eigenvalue weighted by molar-refractivity contribution is 6.33. The smallest absolute Gasteiger partial charge is 0.330 e. The van der Waals surface area contributed by atoms with E-state index in [1.54, 1.807) is 18.5 Å². The molecule has 11 nitrogen and oxygen atoms in total. The molecule has 38 heavy (non-hydrogen) atoms. The van der Waals surface area contributed by atoms with Crippen LogP contribution < -0.4 is 10.4 Å². The summed E-state index contributed by atoms with van der Waals surface area (Å²) in [5, 5.41) is 18.0. The van der Waals surface area contributed by atoms with Gasteiger partial charge in [0.05, 0.1) is 35.1 Å². The Bertz CT molecular complexity index is 1470. The number of rotatable bonds is 5. The SMILES string of the molecule is CC(F)(F)CO.O=c1[nH]ccn1-c1ccc(-c2nc3nc(O[C@@H]4CO[C@H]5[C@@H]4OC[C@H]5O)[nH]c3cc2Cl)cc1. The number of H-pyrrole nitrogens is 2. The fourth-order valence-electron chi connectivity index (χ4n) is 4.15. The van der Waals surface area contributed by atoms with E-state index in [0.29, 0.717) is 35.4 Å². The molecular formula is C24H24ClF2N5O6. The molecule has 2 aliphatic heterocycles. The molecule has 14 heteroatoms. The minimum absolute atomic E-state index is 0.212. The number of hydrogen-bond acceptors (Lipinski definition) is 8. The molecule has 1 aromatic carbocycles. The number of hydrogen-bond donors (Lipinski definition) is 4. The van der Waals surface area contributed by atoms with Gasteiger partial charge >= 0.3 is 5.69 Å². The van der Waals surface area contributed by atoms with Crippen molar-refractivity contribution in [3.8, 4) is 23.0 Å². The van der Waals surface area contributed by atoms with E-state index < -0.39 is 18.6 Å². The lowest BCUT2D eigenvalue weighted by molar-refractivity contribution is -0.0322. The van der Waals surface area contributed by atoms with Crippen LogP contribution in [0.2, 0.25) is 5.02 Å². The van der Waals surface area contributed by atoms with Crippen molar-refractivity contribution in [3.63, 3.8) is 0 Å². The number of nitrogens with zero attached hydrogens (tertiary/aromatic N) is 3. The summed E-state index contributed by atoms with van der Waals surface area (Å²) in [6.07, 6.45) is 1.50. The summed E-state index contributed by atoms with van der Waals surface area (Å²) in [5.74, 6) is -2.90. The summed E-state index contributed by atoms with van der Waals surface area (Å²) < 4.78 is 41.0. The molecule has 2 fully saturated rings. The van der Waals surface area contributed by atoms with Crippen LogP contribution in [0.1, 0.15) is 6.92 Å². The third kappa shape index (κ3) is 5.42. The Morgan fingerprint density at radius 3 is 2.58 bits per heavy atom. The van der Waals surface area contributed by atoms with Gasteiger partial charge in [0.1, 0.15) is 24.9 Å². The fourth-order valence-corrected chi connectivity index (χ4v) is 4.41. The number of pyridine rings is 1. The lowest BCUT2D eigenvalue weighted by Crippen LogP contribution is -2.34. The Kier molecular flexibility index (Phi) is 7.20. The molecule has 3 aromatic heterocycles. The second kappa shape index (κ2) is 10.4. The van der Waals surface area contributed by atoms with Crippen molar-refractivity contribution in [2.45, 2.75) is 37.3 Å². The maximum Gasteiger partial charge on any atom is 0.330 e. The molecule has 0 aliphatic carbocycles. The van der Waals surface area contributed by atoms with Gasteiger partial charge in [0.15, 0.2) is 11.8 Å². The van der Waals surface area contributed by atoms with Crippen molar-refractivity contribution >= 4 is 22.8 Å². The molecular weight excluding hydrogens is 528 g/mol. The van der Waals surface area contributed by atoms with E-state index in [0.717, 1.165) is 11.3 Å². The van der Waals surface area contributed by atoms with Crippen LogP contribution in [0.3, 0.4) is 0 Å². The third-order valence-electron chi connectivity index (χ3n) is 6.00. The maximum atomic E-state index is 11.8. The molecule has 0 saturated carbocycles. The molecule has 5 heterocycles. The van der Waals surface area contributed by atoms with Crippen LogP contribution in [0, 0.1) is 0 Å². The van der Waals surface area contributed by atoms with Crippen LogP contribution in [0.4, 0.5) is 8.78 Å². The number of fused-ring (bicyclic) bond motifs is 2. The lowest BCUT2D eigenvalue weighted by atomic mass is 10.1. The first-order valence-corrected chi connectivity index (χ1v) is 12.0. The predicted octanol–water partition coefficient (Wildman–Crippen LogP) is 2.30. The first kappa shape index (κ1) is 26.3. The van der Waals surface area contributed by atoms with Crippen LogP contribution in [-0.2, 0) is 9.47 Å². The first-order valence-electron chi connectivity index (χ1n) is 11.6. The molecule has 2 saturated heterocycles. The van der Waals surface area contributed by atoms with Crippen molar-refractivity contribution < 1.29 is 33.2 Å². The molecule has 0 bridgehead atoms. The summed E-state index contributed by atoms with van der Waals surface area (Å²) in [6.45, 7) is 0.132. The third-order valence-corrected chi connectivity index (χ3v) is 6.28.